The van der Waals surface area contributed by atoms with Gasteiger partial charge < -0.3 is 19.7 Å². The molecule has 0 aliphatic carbocycles. The fourth-order valence-corrected chi connectivity index (χ4v) is 3.36. The number of carbonyl (C=O) groups is 1. The molecule has 0 unspecified atom stereocenters. The van der Waals surface area contributed by atoms with Gasteiger partial charge in [-0.05, 0) is 24.5 Å². The topological polar surface area (TPSA) is 52.0 Å². The number of amides is 1. The van der Waals surface area contributed by atoms with Crippen molar-refractivity contribution in [1.82, 2.24) is 5.32 Å². The molecule has 0 aromatic heterocycles. The van der Waals surface area contributed by atoms with E-state index < -0.39 is 0 Å². The lowest BCUT2D eigenvalue weighted by Gasteiger charge is -2.29. The summed E-state index contributed by atoms with van der Waals surface area (Å²) in [7, 11) is 3.36. The Balaban J connectivity index is 1.81. The van der Waals surface area contributed by atoms with E-state index in [1.807, 2.05) is 12.1 Å². The van der Waals surface area contributed by atoms with Crippen molar-refractivity contribution < 1.29 is 19.2 Å². The summed E-state index contributed by atoms with van der Waals surface area (Å²) in [6.07, 6.45) is 2.97. The molecule has 2 N–H and O–H groups in total. The normalized spacial score (nSPS) is 20.4. The Kier molecular flexibility index (Phi) is 7.56. The van der Waals surface area contributed by atoms with Crippen molar-refractivity contribution in [3.05, 3.63) is 23.8 Å². The van der Waals surface area contributed by atoms with Gasteiger partial charge in [0.15, 0.2) is 0 Å². The second-order valence-electron chi connectivity index (χ2n) is 7.35. The van der Waals surface area contributed by atoms with Crippen LogP contribution in [0.2, 0.25) is 0 Å². The number of hydrogen-bond acceptors (Lipinski definition) is 3. The summed E-state index contributed by atoms with van der Waals surface area (Å²) in [5, 5.41) is 3.10. The Hall–Kier alpha value is -1.75. The molecule has 1 aliphatic heterocycles. The lowest BCUT2D eigenvalue weighted by Crippen LogP contribution is -3.11. The minimum atomic E-state index is 0.175. The van der Waals surface area contributed by atoms with Gasteiger partial charge in [-0.25, -0.2) is 0 Å². The predicted octanol–water partition coefficient (Wildman–Crippen LogP) is 1.66. The van der Waals surface area contributed by atoms with Crippen LogP contribution in [-0.4, -0.2) is 39.8 Å². The van der Waals surface area contributed by atoms with E-state index in [0.29, 0.717) is 5.92 Å². The van der Waals surface area contributed by atoms with Gasteiger partial charge in [-0.3, -0.25) is 4.79 Å². The maximum atomic E-state index is 12.3. The van der Waals surface area contributed by atoms with E-state index in [4.69, 9.17) is 9.47 Å². The van der Waals surface area contributed by atoms with E-state index >= 15 is 0 Å². The summed E-state index contributed by atoms with van der Waals surface area (Å²) >= 11 is 0. The standard InChI is InChI=1S/C20H32N2O3/c1-15(2)7-10-21-20(23)16-8-11-22(12-9-16)14-17-5-6-18(24-3)13-19(17)25-4/h5-6,13,15-16H,7-12,14H2,1-4H3,(H,21,23)/p+1. The maximum Gasteiger partial charge on any atom is 0.223 e. The smallest absolute Gasteiger partial charge is 0.223 e. The summed E-state index contributed by atoms with van der Waals surface area (Å²) in [5.74, 6) is 2.73. The molecule has 1 aromatic carbocycles. The third-order valence-corrected chi connectivity index (χ3v) is 5.02. The van der Waals surface area contributed by atoms with Crippen molar-refractivity contribution in [3.8, 4) is 11.5 Å². The average molecular weight is 349 g/mol. The third kappa shape index (κ3) is 5.92. The molecule has 140 valence electrons. The van der Waals surface area contributed by atoms with Crippen LogP contribution >= 0.6 is 0 Å². The van der Waals surface area contributed by atoms with Gasteiger partial charge in [0.1, 0.15) is 18.0 Å². The molecular formula is C20H33N2O3+. The van der Waals surface area contributed by atoms with Crippen LogP contribution in [-0.2, 0) is 11.3 Å². The number of ether oxygens (including phenoxy) is 2. The molecule has 25 heavy (non-hydrogen) atoms. The molecule has 0 radical (unpaired) electrons. The molecule has 5 nitrogen and oxygen atoms in total. The van der Waals surface area contributed by atoms with Crippen molar-refractivity contribution in [2.24, 2.45) is 11.8 Å². The van der Waals surface area contributed by atoms with Gasteiger partial charge in [0.05, 0.1) is 27.3 Å². The molecule has 2 rings (SSSR count). The number of benzene rings is 1. The second kappa shape index (κ2) is 9.66. The highest BCUT2D eigenvalue weighted by Crippen LogP contribution is 2.24. The average Bonchev–Trinajstić information content (AvgIpc) is 2.62. The fraction of sp³-hybridized carbons (Fsp3) is 0.650. The number of likely N-dealkylation sites (tertiary alicyclic amines) is 1. The van der Waals surface area contributed by atoms with Crippen molar-refractivity contribution >= 4 is 5.91 Å². The number of quaternary nitrogens is 1. The molecule has 1 fully saturated rings. The fourth-order valence-electron chi connectivity index (χ4n) is 3.36. The van der Waals surface area contributed by atoms with Gasteiger partial charge in [-0.2, -0.15) is 0 Å². The van der Waals surface area contributed by atoms with Gasteiger partial charge in [0.25, 0.3) is 0 Å². The lowest BCUT2D eigenvalue weighted by atomic mass is 9.95. The molecule has 1 aromatic rings. The van der Waals surface area contributed by atoms with E-state index in [1.54, 1.807) is 14.2 Å². The van der Waals surface area contributed by atoms with E-state index in [-0.39, 0.29) is 11.8 Å². The number of hydrogen-bond donors (Lipinski definition) is 2. The minimum absolute atomic E-state index is 0.175. The zero-order valence-corrected chi connectivity index (χ0v) is 16.1. The Morgan fingerprint density at radius 1 is 1.24 bits per heavy atom. The largest absolute Gasteiger partial charge is 0.497 e. The van der Waals surface area contributed by atoms with Crippen molar-refractivity contribution in [1.29, 1.82) is 0 Å². The molecule has 5 heteroatoms. The Morgan fingerprint density at radius 2 is 1.96 bits per heavy atom. The van der Waals surface area contributed by atoms with E-state index in [0.717, 1.165) is 56.9 Å². The molecule has 1 amide bonds. The van der Waals surface area contributed by atoms with Crippen LogP contribution < -0.4 is 19.7 Å². The minimum Gasteiger partial charge on any atom is -0.497 e. The van der Waals surface area contributed by atoms with Gasteiger partial charge in [-0.15, -0.1) is 0 Å². The summed E-state index contributed by atoms with van der Waals surface area (Å²) in [6, 6.07) is 5.99. The van der Waals surface area contributed by atoms with Gasteiger partial charge >= 0.3 is 0 Å². The molecule has 1 saturated heterocycles. The van der Waals surface area contributed by atoms with Crippen LogP contribution in [0.4, 0.5) is 0 Å². The Morgan fingerprint density at radius 3 is 2.56 bits per heavy atom. The highest BCUT2D eigenvalue weighted by atomic mass is 16.5. The summed E-state index contributed by atoms with van der Waals surface area (Å²) in [4.78, 5) is 13.8. The number of methoxy groups -OCH3 is 2. The van der Waals surface area contributed by atoms with Gasteiger partial charge in [0.2, 0.25) is 5.91 Å². The molecule has 0 atom stereocenters. The Labute approximate surface area is 151 Å². The van der Waals surface area contributed by atoms with Crippen LogP contribution in [0.5, 0.6) is 11.5 Å². The van der Waals surface area contributed by atoms with Gasteiger partial charge in [-0.1, -0.05) is 13.8 Å². The summed E-state index contributed by atoms with van der Waals surface area (Å²) < 4.78 is 10.8. The monoisotopic (exact) mass is 349 g/mol. The molecular weight excluding hydrogens is 316 g/mol. The second-order valence-corrected chi connectivity index (χ2v) is 7.35. The highest BCUT2D eigenvalue weighted by molar-refractivity contribution is 5.78. The molecule has 0 bridgehead atoms. The molecule has 0 spiro atoms. The van der Waals surface area contributed by atoms with Crippen LogP contribution in [0.3, 0.4) is 0 Å². The number of rotatable bonds is 8. The first-order chi connectivity index (χ1) is 12.0. The number of piperidine rings is 1. The van der Waals surface area contributed by atoms with Crippen LogP contribution in [0.1, 0.15) is 38.7 Å². The SMILES string of the molecule is COc1ccc(C[NH+]2CCC(C(=O)NCCC(C)C)CC2)c(OC)c1. The summed E-state index contributed by atoms with van der Waals surface area (Å²) in [5.41, 5.74) is 1.19. The first-order valence-corrected chi connectivity index (χ1v) is 9.35. The zero-order valence-electron chi connectivity index (χ0n) is 16.1. The van der Waals surface area contributed by atoms with Crippen LogP contribution in [0.25, 0.3) is 0 Å². The van der Waals surface area contributed by atoms with Gasteiger partial charge in [0, 0.05) is 36.9 Å². The molecule has 0 saturated carbocycles. The summed E-state index contributed by atoms with van der Waals surface area (Å²) in [6.45, 7) is 8.14. The molecule has 1 heterocycles. The van der Waals surface area contributed by atoms with E-state index in [9.17, 15) is 4.79 Å². The first-order valence-electron chi connectivity index (χ1n) is 9.35. The molecule has 1 aliphatic rings. The predicted molar refractivity (Wildman–Crippen MR) is 99.1 cm³/mol. The van der Waals surface area contributed by atoms with Crippen molar-refractivity contribution in [2.45, 2.75) is 39.7 Å². The van der Waals surface area contributed by atoms with Crippen LogP contribution in [0.15, 0.2) is 18.2 Å². The van der Waals surface area contributed by atoms with Crippen molar-refractivity contribution in [3.63, 3.8) is 0 Å². The highest BCUT2D eigenvalue weighted by Gasteiger charge is 2.27. The maximum absolute atomic E-state index is 12.3. The number of carbonyl (C=O) groups excluding carboxylic acids is 1. The first kappa shape index (κ1) is 19.6. The zero-order chi connectivity index (χ0) is 18.2. The van der Waals surface area contributed by atoms with E-state index in [1.165, 1.54) is 10.5 Å². The Bertz CT molecular complexity index is 552. The van der Waals surface area contributed by atoms with Crippen LogP contribution in [0, 0.1) is 11.8 Å². The van der Waals surface area contributed by atoms with Crippen molar-refractivity contribution in [2.75, 3.05) is 33.9 Å². The quantitative estimate of drug-likeness (QED) is 0.750. The number of nitrogens with one attached hydrogen (secondary N) is 2. The van der Waals surface area contributed by atoms with E-state index in [2.05, 4.69) is 25.2 Å². The third-order valence-electron chi connectivity index (χ3n) is 5.02. The lowest BCUT2D eigenvalue weighted by molar-refractivity contribution is -0.919.